The number of carbonyl (C=O) groups is 3. The Balaban J connectivity index is 2.41. The Labute approximate surface area is 102 Å². The predicted molar refractivity (Wildman–Crippen MR) is 59.3 cm³/mol. The van der Waals surface area contributed by atoms with Crippen LogP contribution in [0.4, 0.5) is 4.79 Å². The molecule has 5 N–H and O–H groups in total. The van der Waals surface area contributed by atoms with Gasteiger partial charge >= 0.3 is 12.0 Å². The smallest absolute Gasteiger partial charge is 0.326 e. The molecule has 0 spiro atoms. The van der Waals surface area contributed by atoms with Gasteiger partial charge < -0.3 is 25.9 Å². The van der Waals surface area contributed by atoms with Crippen molar-refractivity contribution in [2.24, 2.45) is 5.73 Å². The fraction of sp³-hybridized carbons (Fsp3) is 0.300. The van der Waals surface area contributed by atoms with Crippen molar-refractivity contribution in [1.29, 1.82) is 0 Å². The fourth-order valence-electron chi connectivity index (χ4n) is 1.19. The number of nitrogens with one attached hydrogen (secondary N) is 2. The molecule has 1 atom stereocenters. The second-order valence-corrected chi connectivity index (χ2v) is 3.52. The van der Waals surface area contributed by atoms with Gasteiger partial charge in [0.05, 0.1) is 18.9 Å². The van der Waals surface area contributed by atoms with Gasteiger partial charge in [-0.05, 0) is 6.07 Å². The standard InChI is InChI=1S/C10H13N3O5/c11-8(14)3-7(9(15)16)13-10(17)12-4-6-1-2-18-5-6/h1-2,5,7H,3-4H2,(H2,11,14)(H,15,16)(H2,12,13,17)/t7-/m0/s1. The van der Waals surface area contributed by atoms with Crippen LogP contribution in [0.3, 0.4) is 0 Å². The van der Waals surface area contributed by atoms with Gasteiger partial charge in [-0.15, -0.1) is 0 Å². The van der Waals surface area contributed by atoms with Crippen LogP contribution >= 0.6 is 0 Å². The molecule has 1 aromatic rings. The Kier molecular flexibility index (Phi) is 4.73. The lowest BCUT2D eigenvalue weighted by Gasteiger charge is -2.13. The highest BCUT2D eigenvalue weighted by molar-refractivity contribution is 5.87. The zero-order chi connectivity index (χ0) is 13.5. The molecule has 0 aliphatic rings. The van der Waals surface area contributed by atoms with Crippen molar-refractivity contribution in [3.8, 4) is 0 Å². The van der Waals surface area contributed by atoms with Gasteiger partial charge in [0, 0.05) is 12.1 Å². The highest BCUT2D eigenvalue weighted by atomic mass is 16.4. The zero-order valence-electron chi connectivity index (χ0n) is 9.38. The van der Waals surface area contributed by atoms with Crippen molar-refractivity contribution >= 4 is 17.9 Å². The van der Waals surface area contributed by atoms with E-state index in [1.807, 2.05) is 0 Å². The number of rotatable bonds is 6. The van der Waals surface area contributed by atoms with Gasteiger partial charge in [0.15, 0.2) is 0 Å². The van der Waals surface area contributed by atoms with Crippen LogP contribution in [0.1, 0.15) is 12.0 Å². The summed E-state index contributed by atoms with van der Waals surface area (Å²) in [6, 6.07) is -0.394. The lowest BCUT2D eigenvalue weighted by molar-refractivity contribution is -0.140. The van der Waals surface area contributed by atoms with Crippen LogP contribution in [0.5, 0.6) is 0 Å². The molecule has 1 rings (SSSR count). The molecule has 98 valence electrons. The molecule has 3 amide bonds. The quantitative estimate of drug-likeness (QED) is 0.538. The maximum atomic E-state index is 11.4. The average Bonchev–Trinajstić information content (AvgIpc) is 2.77. The Hall–Kier alpha value is -2.51. The summed E-state index contributed by atoms with van der Waals surface area (Å²) in [6.07, 6.45) is 2.43. The highest BCUT2D eigenvalue weighted by Gasteiger charge is 2.21. The average molecular weight is 255 g/mol. The van der Waals surface area contributed by atoms with E-state index in [0.717, 1.165) is 5.56 Å². The van der Waals surface area contributed by atoms with E-state index in [2.05, 4.69) is 10.6 Å². The Morgan fingerprint density at radius 1 is 1.44 bits per heavy atom. The maximum Gasteiger partial charge on any atom is 0.326 e. The first-order valence-electron chi connectivity index (χ1n) is 5.05. The van der Waals surface area contributed by atoms with Crippen LogP contribution in [0.25, 0.3) is 0 Å². The van der Waals surface area contributed by atoms with Gasteiger partial charge in [-0.25, -0.2) is 9.59 Å². The minimum absolute atomic E-state index is 0.186. The summed E-state index contributed by atoms with van der Waals surface area (Å²) in [5.41, 5.74) is 5.60. The molecule has 0 radical (unpaired) electrons. The molecular formula is C10H13N3O5. The molecule has 0 bridgehead atoms. The van der Waals surface area contributed by atoms with Crippen LogP contribution in [-0.4, -0.2) is 29.1 Å². The van der Waals surface area contributed by atoms with E-state index in [0.29, 0.717) is 0 Å². The molecule has 0 unspecified atom stereocenters. The molecule has 0 saturated carbocycles. The Bertz CT molecular complexity index is 429. The van der Waals surface area contributed by atoms with Crippen LogP contribution in [0.15, 0.2) is 23.0 Å². The van der Waals surface area contributed by atoms with Crippen LogP contribution in [0, 0.1) is 0 Å². The van der Waals surface area contributed by atoms with Gasteiger partial charge in [-0.1, -0.05) is 0 Å². The summed E-state index contributed by atoms with van der Waals surface area (Å²) in [5, 5.41) is 13.3. The van der Waals surface area contributed by atoms with Crippen LogP contribution in [0.2, 0.25) is 0 Å². The first kappa shape index (κ1) is 13.6. The number of amides is 3. The number of furan rings is 1. The third kappa shape index (κ3) is 4.56. The number of nitrogens with two attached hydrogens (primary N) is 1. The van der Waals surface area contributed by atoms with E-state index in [1.54, 1.807) is 6.07 Å². The van der Waals surface area contributed by atoms with Crippen molar-refractivity contribution in [1.82, 2.24) is 10.6 Å². The summed E-state index contributed by atoms with van der Waals surface area (Å²) in [4.78, 5) is 32.7. The topological polar surface area (TPSA) is 135 Å². The van der Waals surface area contributed by atoms with Crippen LogP contribution < -0.4 is 16.4 Å². The summed E-state index contributed by atoms with van der Waals surface area (Å²) >= 11 is 0. The van der Waals surface area contributed by atoms with Gasteiger partial charge in [0.1, 0.15) is 6.04 Å². The predicted octanol–water partition coefficient (Wildman–Crippen LogP) is -0.593. The molecule has 8 heteroatoms. The fourth-order valence-corrected chi connectivity index (χ4v) is 1.19. The van der Waals surface area contributed by atoms with E-state index in [4.69, 9.17) is 15.3 Å². The minimum atomic E-state index is -1.34. The molecule has 1 aromatic heterocycles. The van der Waals surface area contributed by atoms with Crippen molar-refractivity contribution < 1.29 is 23.9 Å². The molecule has 0 fully saturated rings. The SMILES string of the molecule is NC(=O)C[C@H](NC(=O)NCc1ccoc1)C(=O)O. The van der Waals surface area contributed by atoms with Crippen molar-refractivity contribution in [3.05, 3.63) is 24.2 Å². The summed E-state index contributed by atoms with van der Waals surface area (Å²) in [5.74, 6) is -2.13. The first-order valence-corrected chi connectivity index (χ1v) is 5.05. The summed E-state index contributed by atoms with van der Waals surface area (Å²) < 4.78 is 4.79. The monoisotopic (exact) mass is 255 g/mol. The van der Waals surface area contributed by atoms with Crippen molar-refractivity contribution in [2.75, 3.05) is 0 Å². The van der Waals surface area contributed by atoms with E-state index in [-0.39, 0.29) is 6.54 Å². The molecule has 18 heavy (non-hydrogen) atoms. The van der Waals surface area contributed by atoms with Gasteiger partial charge in [0.2, 0.25) is 5.91 Å². The largest absolute Gasteiger partial charge is 0.480 e. The number of urea groups is 1. The maximum absolute atomic E-state index is 11.4. The first-order chi connectivity index (χ1) is 8.49. The second-order valence-electron chi connectivity index (χ2n) is 3.52. The summed E-state index contributed by atoms with van der Waals surface area (Å²) in [7, 11) is 0. The number of carbonyl (C=O) groups excluding carboxylic acids is 2. The number of carboxylic acids is 1. The van der Waals surface area contributed by atoms with Gasteiger partial charge in [0.25, 0.3) is 0 Å². The van der Waals surface area contributed by atoms with Crippen molar-refractivity contribution in [3.63, 3.8) is 0 Å². The zero-order valence-corrected chi connectivity index (χ0v) is 9.38. The highest BCUT2D eigenvalue weighted by Crippen LogP contribution is 1.98. The van der Waals surface area contributed by atoms with E-state index in [1.165, 1.54) is 12.5 Å². The molecule has 1 heterocycles. The third-order valence-electron chi connectivity index (χ3n) is 2.04. The molecule has 8 nitrogen and oxygen atoms in total. The number of aliphatic carboxylic acids is 1. The van der Waals surface area contributed by atoms with Gasteiger partial charge in [-0.3, -0.25) is 4.79 Å². The van der Waals surface area contributed by atoms with Crippen LogP contribution in [-0.2, 0) is 16.1 Å². The number of hydrogen-bond acceptors (Lipinski definition) is 4. The Morgan fingerprint density at radius 3 is 2.67 bits per heavy atom. The Morgan fingerprint density at radius 2 is 2.17 bits per heavy atom. The lowest BCUT2D eigenvalue weighted by Crippen LogP contribution is -2.47. The minimum Gasteiger partial charge on any atom is -0.480 e. The molecule has 0 saturated heterocycles. The van der Waals surface area contributed by atoms with E-state index < -0.39 is 30.4 Å². The summed E-state index contributed by atoms with van der Waals surface area (Å²) in [6.45, 7) is 0.186. The number of carboxylic acid groups (broad SMARTS) is 1. The molecule has 0 aromatic carbocycles. The lowest BCUT2D eigenvalue weighted by atomic mass is 10.2. The second kappa shape index (κ2) is 6.28. The van der Waals surface area contributed by atoms with E-state index >= 15 is 0 Å². The normalized spacial score (nSPS) is 11.6. The number of primary amides is 1. The molecular weight excluding hydrogens is 242 g/mol. The molecule has 0 aliphatic carbocycles. The van der Waals surface area contributed by atoms with E-state index in [9.17, 15) is 14.4 Å². The molecule has 0 aliphatic heterocycles. The number of hydrogen-bond donors (Lipinski definition) is 4. The van der Waals surface area contributed by atoms with Gasteiger partial charge in [-0.2, -0.15) is 0 Å². The third-order valence-corrected chi connectivity index (χ3v) is 2.04. The van der Waals surface area contributed by atoms with Crippen molar-refractivity contribution in [2.45, 2.75) is 19.0 Å².